The molecule has 1 amide bonds. The highest BCUT2D eigenvalue weighted by Gasteiger charge is 2.28. The fourth-order valence-electron chi connectivity index (χ4n) is 3.72. The van der Waals surface area contributed by atoms with Crippen LogP contribution < -0.4 is 5.32 Å². The van der Waals surface area contributed by atoms with Crippen LogP contribution in [0, 0.1) is 6.92 Å². The Morgan fingerprint density at radius 1 is 1.25 bits per heavy atom. The minimum absolute atomic E-state index is 0.0140. The summed E-state index contributed by atoms with van der Waals surface area (Å²) in [5.74, 6) is -0.304. The van der Waals surface area contributed by atoms with Crippen molar-refractivity contribution < 1.29 is 13.6 Å². The van der Waals surface area contributed by atoms with Gasteiger partial charge in [0.2, 0.25) is 0 Å². The SMILES string of the molecule is CCn1ncc(Cn2cc(NC(=O)c3cc4nc(C5CC5)cc(C(F)F)n4n3)cn2)c1C. The average molecular weight is 440 g/mol. The number of aromatic nitrogens is 7. The Balaban J connectivity index is 1.35. The van der Waals surface area contributed by atoms with Crippen molar-refractivity contribution in [1.29, 1.82) is 0 Å². The van der Waals surface area contributed by atoms with E-state index in [1.165, 1.54) is 18.3 Å². The Kier molecular flexibility index (Phi) is 4.95. The van der Waals surface area contributed by atoms with E-state index in [1.807, 2.05) is 18.5 Å². The number of halogens is 2. The van der Waals surface area contributed by atoms with Gasteiger partial charge in [-0.15, -0.1) is 0 Å². The minimum Gasteiger partial charge on any atom is -0.318 e. The lowest BCUT2D eigenvalue weighted by molar-refractivity contribution is 0.102. The van der Waals surface area contributed by atoms with Crippen molar-refractivity contribution in [1.82, 2.24) is 34.2 Å². The number of alkyl halides is 2. The van der Waals surface area contributed by atoms with Gasteiger partial charge < -0.3 is 5.32 Å². The van der Waals surface area contributed by atoms with Gasteiger partial charge in [-0.05, 0) is 32.8 Å². The van der Waals surface area contributed by atoms with Crippen LogP contribution in [0.4, 0.5) is 14.5 Å². The highest BCUT2D eigenvalue weighted by atomic mass is 19.3. The van der Waals surface area contributed by atoms with E-state index >= 15 is 0 Å². The number of fused-ring (bicyclic) bond motifs is 1. The lowest BCUT2D eigenvalue weighted by Crippen LogP contribution is -2.12. The maximum absolute atomic E-state index is 13.5. The van der Waals surface area contributed by atoms with E-state index in [0.717, 1.165) is 35.2 Å². The lowest BCUT2D eigenvalue weighted by Gasteiger charge is -2.06. The Morgan fingerprint density at radius 2 is 2.06 bits per heavy atom. The maximum atomic E-state index is 13.5. The van der Waals surface area contributed by atoms with E-state index in [9.17, 15) is 13.6 Å². The molecule has 0 aliphatic heterocycles. The zero-order valence-electron chi connectivity index (χ0n) is 17.7. The number of amides is 1. The van der Waals surface area contributed by atoms with Crippen LogP contribution in [-0.4, -0.2) is 40.1 Å². The molecule has 0 unspecified atom stereocenters. The standard InChI is InChI=1S/C21H22F2N8O/c1-3-30-12(2)14(8-25-30)10-29-11-15(9-24-29)26-21(32)17-7-19-27-16(13-4-5-13)6-18(20(22)23)31(19)28-17/h6-9,11,13,20H,3-5,10H2,1-2H3,(H,26,32). The molecule has 0 atom stereocenters. The smallest absolute Gasteiger partial charge is 0.280 e. The number of nitrogens with one attached hydrogen (secondary N) is 1. The van der Waals surface area contributed by atoms with Crippen LogP contribution >= 0.6 is 0 Å². The van der Waals surface area contributed by atoms with E-state index in [1.54, 1.807) is 17.1 Å². The third kappa shape index (κ3) is 3.74. The summed E-state index contributed by atoms with van der Waals surface area (Å²) in [5, 5.41) is 15.4. The van der Waals surface area contributed by atoms with Crippen LogP contribution in [-0.2, 0) is 13.1 Å². The second-order valence-electron chi connectivity index (χ2n) is 7.93. The summed E-state index contributed by atoms with van der Waals surface area (Å²) in [6.45, 7) is 5.33. The minimum atomic E-state index is -2.72. The molecule has 0 radical (unpaired) electrons. The van der Waals surface area contributed by atoms with E-state index in [-0.39, 0.29) is 23.0 Å². The van der Waals surface area contributed by atoms with E-state index in [0.29, 0.717) is 17.9 Å². The Morgan fingerprint density at radius 3 is 2.75 bits per heavy atom. The summed E-state index contributed by atoms with van der Waals surface area (Å²) in [5.41, 5.74) is 3.20. The molecular weight excluding hydrogens is 418 g/mol. The molecule has 1 N–H and O–H groups in total. The van der Waals surface area contributed by atoms with Gasteiger partial charge >= 0.3 is 0 Å². The summed E-state index contributed by atoms with van der Waals surface area (Å²) in [7, 11) is 0. The summed E-state index contributed by atoms with van der Waals surface area (Å²) in [4.78, 5) is 17.1. The van der Waals surface area contributed by atoms with Gasteiger partial charge in [0.05, 0.1) is 24.6 Å². The maximum Gasteiger partial charge on any atom is 0.280 e. The number of carbonyl (C=O) groups is 1. The first-order valence-electron chi connectivity index (χ1n) is 10.5. The van der Waals surface area contributed by atoms with Gasteiger partial charge in [-0.3, -0.25) is 14.2 Å². The topological polar surface area (TPSA) is 94.9 Å². The van der Waals surface area contributed by atoms with Crippen molar-refractivity contribution in [3.8, 4) is 0 Å². The van der Waals surface area contributed by atoms with Gasteiger partial charge in [0.15, 0.2) is 11.3 Å². The van der Waals surface area contributed by atoms with Gasteiger partial charge in [0, 0.05) is 41.7 Å². The molecule has 0 aromatic carbocycles. The average Bonchev–Trinajstić information content (AvgIpc) is 3.22. The van der Waals surface area contributed by atoms with Crippen LogP contribution in [0.2, 0.25) is 0 Å². The molecule has 0 saturated heterocycles. The van der Waals surface area contributed by atoms with Gasteiger partial charge in [0.25, 0.3) is 12.3 Å². The zero-order valence-corrected chi connectivity index (χ0v) is 17.7. The number of anilines is 1. The molecule has 11 heteroatoms. The van der Waals surface area contributed by atoms with Crippen molar-refractivity contribution in [2.45, 2.75) is 52.1 Å². The van der Waals surface area contributed by atoms with Crippen LogP contribution in [0.15, 0.2) is 30.7 Å². The number of nitrogens with zero attached hydrogens (tertiary/aromatic N) is 7. The van der Waals surface area contributed by atoms with Crippen molar-refractivity contribution in [3.63, 3.8) is 0 Å². The molecule has 5 rings (SSSR count). The highest BCUT2D eigenvalue weighted by Crippen LogP contribution is 2.40. The molecule has 1 saturated carbocycles. The fraction of sp³-hybridized carbons (Fsp3) is 0.381. The molecule has 32 heavy (non-hydrogen) atoms. The summed E-state index contributed by atoms with van der Waals surface area (Å²) in [6, 6.07) is 2.82. The molecule has 166 valence electrons. The predicted octanol–water partition coefficient (Wildman–Crippen LogP) is 3.57. The zero-order chi connectivity index (χ0) is 22.4. The number of rotatable bonds is 7. The summed E-state index contributed by atoms with van der Waals surface area (Å²) >= 11 is 0. The van der Waals surface area contributed by atoms with Crippen molar-refractivity contribution in [2.75, 3.05) is 5.32 Å². The van der Waals surface area contributed by atoms with Crippen molar-refractivity contribution in [3.05, 3.63) is 59.1 Å². The Bertz CT molecular complexity index is 1300. The van der Waals surface area contributed by atoms with Crippen LogP contribution in [0.25, 0.3) is 5.65 Å². The molecule has 1 aliphatic carbocycles. The number of carbonyl (C=O) groups excluding carboxylic acids is 1. The molecule has 0 spiro atoms. The van der Waals surface area contributed by atoms with E-state index in [4.69, 9.17) is 0 Å². The van der Waals surface area contributed by atoms with Gasteiger partial charge in [-0.1, -0.05) is 0 Å². The lowest BCUT2D eigenvalue weighted by atomic mass is 10.2. The van der Waals surface area contributed by atoms with Crippen molar-refractivity contribution >= 4 is 17.2 Å². The number of hydrogen-bond acceptors (Lipinski definition) is 5. The van der Waals surface area contributed by atoms with Crippen LogP contribution in [0.5, 0.6) is 0 Å². The molecular formula is C21H22F2N8O. The summed E-state index contributed by atoms with van der Waals surface area (Å²) in [6.07, 6.45) is 4.20. The van der Waals surface area contributed by atoms with Crippen LogP contribution in [0.3, 0.4) is 0 Å². The first kappa shape index (κ1) is 20.3. The quantitative estimate of drug-likeness (QED) is 0.474. The molecule has 1 fully saturated rings. The predicted molar refractivity (Wildman–Crippen MR) is 112 cm³/mol. The molecule has 0 bridgehead atoms. The first-order chi connectivity index (χ1) is 15.4. The number of hydrogen-bond donors (Lipinski definition) is 1. The molecule has 9 nitrogen and oxygen atoms in total. The third-order valence-electron chi connectivity index (χ3n) is 5.65. The molecule has 4 aromatic rings. The van der Waals surface area contributed by atoms with Crippen LogP contribution in [0.1, 0.15) is 65.2 Å². The van der Waals surface area contributed by atoms with E-state index < -0.39 is 12.3 Å². The Hall–Kier alpha value is -3.63. The first-order valence-corrected chi connectivity index (χ1v) is 10.5. The third-order valence-corrected chi connectivity index (χ3v) is 5.65. The highest BCUT2D eigenvalue weighted by molar-refractivity contribution is 6.03. The fourth-order valence-corrected chi connectivity index (χ4v) is 3.72. The summed E-state index contributed by atoms with van der Waals surface area (Å²) < 4.78 is 31.7. The molecule has 1 aliphatic rings. The van der Waals surface area contributed by atoms with Gasteiger partial charge in [-0.25, -0.2) is 18.3 Å². The number of aryl methyl sites for hydroxylation is 1. The molecule has 4 aromatic heterocycles. The van der Waals surface area contributed by atoms with Crippen molar-refractivity contribution in [2.24, 2.45) is 0 Å². The van der Waals surface area contributed by atoms with Gasteiger partial charge in [0.1, 0.15) is 5.69 Å². The Labute approximate surface area is 182 Å². The van der Waals surface area contributed by atoms with Gasteiger partial charge in [-0.2, -0.15) is 15.3 Å². The second kappa shape index (κ2) is 7.81. The van der Waals surface area contributed by atoms with E-state index in [2.05, 4.69) is 25.6 Å². The largest absolute Gasteiger partial charge is 0.318 e. The monoisotopic (exact) mass is 440 g/mol. The second-order valence-corrected chi connectivity index (χ2v) is 7.93. The molecule has 4 heterocycles. The normalized spacial score (nSPS) is 13.9.